The second kappa shape index (κ2) is 9.56. The molecule has 1 unspecified atom stereocenters. The minimum Gasteiger partial charge on any atom is -0.444 e. The van der Waals surface area contributed by atoms with Gasteiger partial charge in [0.1, 0.15) is 17.1 Å². The number of amides is 1. The Balaban J connectivity index is 1.56. The largest absolute Gasteiger partial charge is 0.444 e. The summed E-state index contributed by atoms with van der Waals surface area (Å²) in [4.78, 5) is 18.7. The fourth-order valence-corrected chi connectivity index (χ4v) is 4.86. The van der Waals surface area contributed by atoms with Gasteiger partial charge < -0.3 is 14.2 Å². The summed E-state index contributed by atoms with van der Waals surface area (Å²) >= 11 is 6.53. The first-order valence-corrected chi connectivity index (χ1v) is 12.3. The van der Waals surface area contributed by atoms with Crippen molar-refractivity contribution in [2.45, 2.75) is 78.0 Å². The van der Waals surface area contributed by atoms with Crippen LogP contribution in [-0.2, 0) is 4.74 Å². The van der Waals surface area contributed by atoms with Crippen LogP contribution in [0.4, 0.5) is 9.18 Å². The van der Waals surface area contributed by atoms with E-state index in [0.29, 0.717) is 36.1 Å². The van der Waals surface area contributed by atoms with Gasteiger partial charge in [-0.25, -0.2) is 14.2 Å². The van der Waals surface area contributed by atoms with Crippen LogP contribution in [0.3, 0.4) is 0 Å². The molecule has 2 aliphatic rings. The number of allylic oxidation sites excluding steroid dienone is 2. The summed E-state index contributed by atoms with van der Waals surface area (Å²) in [7, 11) is 0. The summed E-state index contributed by atoms with van der Waals surface area (Å²) in [6.07, 6.45) is 9.91. The number of ether oxygens (including phenoxy) is 1. The first kappa shape index (κ1) is 24.5. The third kappa shape index (κ3) is 5.06. The third-order valence-corrected chi connectivity index (χ3v) is 6.46. The number of hydrogen-bond donors (Lipinski definition) is 0. The highest BCUT2D eigenvalue weighted by molar-refractivity contribution is 6.48. The zero-order chi connectivity index (χ0) is 24.6. The molecule has 184 valence electrons. The molecule has 0 spiro atoms. The number of rotatable bonds is 4. The highest BCUT2D eigenvalue weighted by Gasteiger charge is 2.32. The van der Waals surface area contributed by atoms with Gasteiger partial charge in [-0.05, 0) is 59.5 Å². The van der Waals surface area contributed by atoms with E-state index < -0.39 is 5.60 Å². The van der Waals surface area contributed by atoms with Crippen LogP contribution in [0.5, 0.6) is 0 Å². The fourth-order valence-electron chi connectivity index (χ4n) is 4.56. The van der Waals surface area contributed by atoms with Gasteiger partial charge in [0, 0.05) is 31.0 Å². The van der Waals surface area contributed by atoms with E-state index >= 15 is 0 Å². The van der Waals surface area contributed by atoms with Crippen molar-refractivity contribution in [3.8, 4) is 0 Å². The highest BCUT2D eigenvalue weighted by atomic mass is 35.5. The van der Waals surface area contributed by atoms with Gasteiger partial charge in [0.05, 0.1) is 22.8 Å². The minimum absolute atomic E-state index is 0.0882. The second-order valence-electron chi connectivity index (χ2n) is 9.99. The summed E-state index contributed by atoms with van der Waals surface area (Å²) in [5.74, 6) is 0.385. The molecule has 0 saturated carbocycles. The van der Waals surface area contributed by atoms with E-state index in [4.69, 9.17) is 16.3 Å². The molecule has 34 heavy (non-hydrogen) atoms. The molecular weight excluding hydrogens is 457 g/mol. The molecular formula is C25H33ClFN5O2. The molecule has 0 bridgehead atoms. The van der Waals surface area contributed by atoms with Crippen molar-refractivity contribution < 1.29 is 13.9 Å². The molecule has 1 saturated heterocycles. The Hall–Kier alpha value is -2.61. The molecule has 1 aliphatic carbocycles. The van der Waals surface area contributed by atoms with E-state index in [1.54, 1.807) is 11.0 Å². The van der Waals surface area contributed by atoms with E-state index in [-0.39, 0.29) is 24.0 Å². The summed E-state index contributed by atoms with van der Waals surface area (Å²) < 4.78 is 24.2. The molecule has 1 aliphatic heterocycles. The van der Waals surface area contributed by atoms with Gasteiger partial charge in [-0.15, -0.1) is 0 Å². The number of piperidine rings is 1. The lowest BCUT2D eigenvalue weighted by molar-refractivity contribution is 0.0184. The quantitative estimate of drug-likeness (QED) is 0.509. The lowest BCUT2D eigenvalue weighted by Gasteiger charge is -2.33. The number of imidazole rings is 1. The number of likely N-dealkylation sites (tertiary alicyclic amines) is 1. The molecule has 1 atom stereocenters. The van der Waals surface area contributed by atoms with Crippen LogP contribution in [0.1, 0.15) is 88.2 Å². The highest BCUT2D eigenvalue weighted by Crippen LogP contribution is 2.39. The van der Waals surface area contributed by atoms with Gasteiger partial charge >= 0.3 is 6.09 Å². The Morgan fingerprint density at radius 2 is 2.00 bits per heavy atom. The van der Waals surface area contributed by atoms with Crippen molar-refractivity contribution in [2.75, 3.05) is 13.1 Å². The van der Waals surface area contributed by atoms with E-state index in [9.17, 15) is 9.18 Å². The smallest absolute Gasteiger partial charge is 0.410 e. The summed E-state index contributed by atoms with van der Waals surface area (Å²) in [5, 5.41) is 5.23. The predicted molar refractivity (Wildman–Crippen MR) is 131 cm³/mol. The SMILES string of the molecule is CC/C=C(/Cl)c1nc(C)cn1C1CC=C(F)c2nn(C3CCN(C(=O)OC(C)(C)C)CC3)cc21. The number of aromatic nitrogens is 4. The topological polar surface area (TPSA) is 65.2 Å². The van der Waals surface area contributed by atoms with Gasteiger partial charge in [0.25, 0.3) is 0 Å². The van der Waals surface area contributed by atoms with Crippen molar-refractivity contribution in [1.29, 1.82) is 0 Å². The molecule has 1 fully saturated rings. The summed E-state index contributed by atoms with van der Waals surface area (Å²) in [6, 6.07) is -0.0504. The normalized spacial score (nSPS) is 19.7. The van der Waals surface area contributed by atoms with Crippen LogP contribution < -0.4 is 0 Å². The lowest BCUT2D eigenvalue weighted by Crippen LogP contribution is -2.42. The number of nitrogens with zero attached hydrogens (tertiary/aromatic N) is 5. The zero-order valence-corrected chi connectivity index (χ0v) is 21.3. The Morgan fingerprint density at radius 1 is 1.29 bits per heavy atom. The average molecular weight is 490 g/mol. The van der Waals surface area contributed by atoms with Crippen molar-refractivity contribution in [1.82, 2.24) is 24.2 Å². The van der Waals surface area contributed by atoms with Crippen LogP contribution in [0.15, 0.2) is 24.5 Å². The van der Waals surface area contributed by atoms with Gasteiger partial charge in [0.15, 0.2) is 5.82 Å². The number of halogens is 2. The van der Waals surface area contributed by atoms with E-state index in [1.165, 1.54) is 0 Å². The standard InChI is InChI=1S/C25H33ClFN5O2/c1-6-7-19(26)23-28-16(2)14-31(23)21-9-8-20(27)22-18(21)15-32(29-22)17-10-12-30(13-11-17)24(33)34-25(3,4)5/h7-8,14-15,17,21H,6,9-13H2,1-5H3/b19-7+. The summed E-state index contributed by atoms with van der Waals surface area (Å²) in [5.41, 5.74) is 1.54. The first-order chi connectivity index (χ1) is 16.1. The monoisotopic (exact) mass is 489 g/mol. The molecule has 4 rings (SSSR count). The van der Waals surface area contributed by atoms with Gasteiger partial charge in [-0.1, -0.05) is 24.6 Å². The van der Waals surface area contributed by atoms with E-state index in [2.05, 4.69) is 10.1 Å². The Kier molecular flexibility index (Phi) is 6.90. The number of fused-ring (bicyclic) bond motifs is 1. The lowest BCUT2D eigenvalue weighted by atomic mass is 9.97. The molecule has 0 radical (unpaired) electrons. The number of carbonyl (C=O) groups excluding carboxylic acids is 1. The molecule has 2 aromatic rings. The van der Waals surface area contributed by atoms with Crippen molar-refractivity contribution in [3.63, 3.8) is 0 Å². The van der Waals surface area contributed by atoms with E-state index in [1.807, 2.05) is 62.3 Å². The van der Waals surface area contributed by atoms with Gasteiger partial charge in [-0.3, -0.25) is 4.68 Å². The predicted octanol–water partition coefficient (Wildman–Crippen LogP) is 6.25. The van der Waals surface area contributed by atoms with Crippen molar-refractivity contribution in [2.24, 2.45) is 0 Å². The zero-order valence-electron chi connectivity index (χ0n) is 20.5. The number of hydrogen-bond acceptors (Lipinski definition) is 4. The Labute approximate surface area is 205 Å². The third-order valence-electron chi connectivity index (χ3n) is 6.14. The second-order valence-corrected chi connectivity index (χ2v) is 10.4. The molecule has 0 aromatic carbocycles. The molecule has 1 amide bonds. The number of carbonyl (C=O) groups is 1. The number of aryl methyl sites for hydroxylation is 1. The molecule has 3 heterocycles. The molecule has 2 aromatic heterocycles. The van der Waals surface area contributed by atoms with Crippen molar-refractivity contribution >= 4 is 28.6 Å². The maximum absolute atomic E-state index is 14.8. The van der Waals surface area contributed by atoms with Gasteiger partial charge in [0.2, 0.25) is 0 Å². The van der Waals surface area contributed by atoms with Crippen LogP contribution in [-0.4, -0.2) is 49.0 Å². The molecule has 0 N–H and O–H groups in total. The Morgan fingerprint density at radius 3 is 2.65 bits per heavy atom. The van der Waals surface area contributed by atoms with Crippen molar-refractivity contribution in [3.05, 3.63) is 47.3 Å². The van der Waals surface area contributed by atoms with Crippen LogP contribution in [0, 0.1) is 6.92 Å². The van der Waals surface area contributed by atoms with Crippen LogP contribution >= 0.6 is 11.6 Å². The maximum atomic E-state index is 14.8. The minimum atomic E-state index is -0.520. The molecule has 9 heteroatoms. The fraction of sp³-hybridized carbons (Fsp3) is 0.560. The van der Waals surface area contributed by atoms with Gasteiger partial charge in [-0.2, -0.15) is 5.10 Å². The summed E-state index contributed by atoms with van der Waals surface area (Å²) in [6.45, 7) is 10.7. The average Bonchev–Trinajstić information content (AvgIpc) is 3.38. The van der Waals surface area contributed by atoms with E-state index in [0.717, 1.165) is 30.5 Å². The molecule has 7 nitrogen and oxygen atoms in total. The Bertz CT molecular complexity index is 1120. The first-order valence-electron chi connectivity index (χ1n) is 11.9. The van der Waals surface area contributed by atoms with Crippen LogP contribution in [0.25, 0.3) is 10.9 Å². The maximum Gasteiger partial charge on any atom is 0.410 e. The van der Waals surface area contributed by atoms with Crippen LogP contribution in [0.2, 0.25) is 0 Å².